The van der Waals surface area contributed by atoms with Crippen LogP contribution >= 0.6 is 0 Å². The standard InChI is InChI=1S/C24H35N5O3/c1-18(2)17-32-24(31)28-13-8-12-27(15-16-28)14-11-22(30)25-23-19(3)26-29(20(23)4)21-9-6-5-7-10-21/h5-7,9-10,18H,8,11-17H2,1-4H3,(H,25,30). The minimum atomic E-state index is -0.236. The van der Waals surface area contributed by atoms with E-state index >= 15 is 0 Å². The molecule has 0 radical (unpaired) electrons. The first-order valence-electron chi connectivity index (χ1n) is 11.4. The van der Waals surface area contributed by atoms with E-state index in [1.807, 2.05) is 62.7 Å². The van der Waals surface area contributed by atoms with Crippen LogP contribution in [0.1, 0.15) is 38.1 Å². The SMILES string of the molecule is Cc1nn(-c2ccccc2)c(C)c1NC(=O)CCN1CCCN(C(=O)OCC(C)C)CC1. The first-order valence-corrected chi connectivity index (χ1v) is 11.4. The van der Waals surface area contributed by atoms with Crippen LogP contribution in [-0.2, 0) is 9.53 Å². The number of hydrogen-bond acceptors (Lipinski definition) is 5. The largest absolute Gasteiger partial charge is 0.449 e. The van der Waals surface area contributed by atoms with Crippen molar-refractivity contribution in [3.05, 3.63) is 41.7 Å². The Hall–Kier alpha value is -2.87. The number of nitrogens with one attached hydrogen (secondary N) is 1. The van der Waals surface area contributed by atoms with Gasteiger partial charge in [-0.2, -0.15) is 5.10 Å². The van der Waals surface area contributed by atoms with Crippen molar-refractivity contribution in [2.75, 3.05) is 44.6 Å². The highest BCUT2D eigenvalue weighted by Crippen LogP contribution is 2.23. The predicted molar refractivity (Wildman–Crippen MR) is 125 cm³/mol. The van der Waals surface area contributed by atoms with Gasteiger partial charge in [0, 0.05) is 32.6 Å². The van der Waals surface area contributed by atoms with E-state index < -0.39 is 0 Å². The van der Waals surface area contributed by atoms with E-state index in [4.69, 9.17) is 4.74 Å². The number of carbonyl (C=O) groups excluding carboxylic acids is 2. The van der Waals surface area contributed by atoms with Crippen molar-refractivity contribution in [3.8, 4) is 5.69 Å². The summed E-state index contributed by atoms with van der Waals surface area (Å²) in [5.74, 6) is 0.300. The van der Waals surface area contributed by atoms with E-state index in [2.05, 4.69) is 15.3 Å². The molecule has 1 aromatic heterocycles. The van der Waals surface area contributed by atoms with E-state index in [-0.39, 0.29) is 12.0 Å². The van der Waals surface area contributed by atoms with Gasteiger partial charge in [-0.1, -0.05) is 32.0 Å². The molecule has 1 saturated heterocycles. The fourth-order valence-electron chi connectivity index (χ4n) is 3.81. The van der Waals surface area contributed by atoms with Crippen LogP contribution in [0.25, 0.3) is 5.69 Å². The van der Waals surface area contributed by atoms with Gasteiger partial charge in [0.1, 0.15) is 0 Å². The highest BCUT2D eigenvalue weighted by Gasteiger charge is 2.21. The lowest BCUT2D eigenvalue weighted by Crippen LogP contribution is -2.36. The Bertz CT molecular complexity index is 910. The van der Waals surface area contributed by atoms with E-state index in [9.17, 15) is 9.59 Å². The van der Waals surface area contributed by atoms with Gasteiger partial charge >= 0.3 is 6.09 Å². The summed E-state index contributed by atoms with van der Waals surface area (Å²) >= 11 is 0. The first kappa shape index (κ1) is 23.8. The van der Waals surface area contributed by atoms with Crippen LogP contribution in [-0.4, -0.2) is 70.9 Å². The fraction of sp³-hybridized carbons (Fsp3) is 0.542. The van der Waals surface area contributed by atoms with Crippen molar-refractivity contribution >= 4 is 17.7 Å². The molecule has 0 spiro atoms. The topological polar surface area (TPSA) is 79.7 Å². The zero-order valence-corrected chi connectivity index (χ0v) is 19.6. The molecule has 1 N–H and O–H groups in total. The molecular formula is C24H35N5O3. The quantitative estimate of drug-likeness (QED) is 0.710. The van der Waals surface area contributed by atoms with Crippen molar-refractivity contribution in [1.29, 1.82) is 0 Å². The number of aromatic nitrogens is 2. The molecular weight excluding hydrogens is 406 g/mol. The minimum Gasteiger partial charge on any atom is -0.449 e. The molecule has 1 aromatic carbocycles. The number of amides is 2. The summed E-state index contributed by atoms with van der Waals surface area (Å²) in [7, 11) is 0. The molecule has 8 heteroatoms. The summed E-state index contributed by atoms with van der Waals surface area (Å²) in [6.45, 7) is 11.9. The maximum atomic E-state index is 12.7. The molecule has 1 fully saturated rings. The molecule has 0 saturated carbocycles. The van der Waals surface area contributed by atoms with Crippen molar-refractivity contribution < 1.29 is 14.3 Å². The Kier molecular flexibility index (Phi) is 8.27. The van der Waals surface area contributed by atoms with Gasteiger partial charge in [-0.3, -0.25) is 4.79 Å². The molecule has 1 aliphatic rings. The van der Waals surface area contributed by atoms with E-state index in [1.54, 1.807) is 4.90 Å². The third kappa shape index (κ3) is 6.32. The van der Waals surface area contributed by atoms with Crippen molar-refractivity contribution in [2.45, 2.75) is 40.5 Å². The summed E-state index contributed by atoms with van der Waals surface area (Å²) in [6, 6.07) is 9.89. The van der Waals surface area contributed by atoms with Gasteiger partial charge in [0.05, 0.1) is 29.4 Å². The normalized spacial score (nSPS) is 15.0. The fourth-order valence-corrected chi connectivity index (χ4v) is 3.81. The Balaban J connectivity index is 1.49. The number of rotatable bonds is 7. The van der Waals surface area contributed by atoms with Crippen molar-refractivity contribution in [1.82, 2.24) is 19.6 Å². The Morgan fingerprint density at radius 2 is 1.84 bits per heavy atom. The summed E-state index contributed by atoms with van der Waals surface area (Å²) in [5.41, 5.74) is 3.45. The number of benzene rings is 1. The van der Waals surface area contributed by atoms with Gasteiger partial charge in [0.15, 0.2) is 0 Å². The summed E-state index contributed by atoms with van der Waals surface area (Å²) < 4.78 is 7.20. The number of para-hydroxylation sites is 1. The lowest BCUT2D eigenvalue weighted by Gasteiger charge is -2.22. The molecule has 0 bridgehead atoms. The molecule has 3 rings (SSSR count). The summed E-state index contributed by atoms with van der Waals surface area (Å²) in [5, 5.41) is 7.63. The van der Waals surface area contributed by atoms with Crippen LogP contribution in [0.5, 0.6) is 0 Å². The molecule has 2 heterocycles. The predicted octanol–water partition coefficient (Wildman–Crippen LogP) is 3.62. The number of anilines is 1. The van der Waals surface area contributed by atoms with E-state index in [1.165, 1.54) is 0 Å². The van der Waals surface area contributed by atoms with Crippen LogP contribution in [0.2, 0.25) is 0 Å². The number of ether oxygens (including phenoxy) is 1. The Morgan fingerprint density at radius 3 is 2.56 bits per heavy atom. The second-order valence-corrected chi connectivity index (χ2v) is 8.74. The van der Waals surface area contributed by atoms with Crippen LogP contribution in [0.3, 0.4) is 0 Å². The second-order valence-electron chi connectivity index (χ2n) is 8.74. The number of hydrogen-bond donors (Lipinski definition) is 1. The average Bonchev–Trinajstić information content (AvgIpc) is 2.95. The van der Waals surface area contributed by atoms with E-state index in [0.29, 0.717) is 38.6 Å². The van der Waals surface area contributed by atoms with Gasteiger partial charge in [-0.05, 0) is 44.9 Å². The molecule has 174 valence electrons. The second kappa shape index (κ2) is 11.1. The molecule has 32 heavy (non-hydrogen) atoms. The maximum Gasteiger partial charge on any atom is 0.409 e. The molecule has 8 nitrogen and oxygen atoms in total. The third-order valence-electron chi connectivity index (χ3n) is 5.60. The zero-order chi connectivity index (χ0) is 23.1. The number of aryl methyl sites for hydroxylation is 1. The third-order valence-corrected chi connectivity index (χ3v) is 5.60. The highest BCUT2D eigenvalue weighted by atomic mass is 16.6. The van der Waals surface area contributed by atoms with Gasteiger partial charge in [0.25, 0.3) is 0 Å². The van der Waals surface area contributed by atoms with Crippen LogP contribution in [0.4, 0.5) is 10.5 Å². The number of nitrogens with zero attached hydrogens (tertiary/aromatic N) is 4. The molecule has 0 aliphatic carbocycles. The van der Waals surface area contributed by atoms with Crippen LogP contribution < -0.4 is 5.32 Å². The van der Waals surface area contributed by atoms with E-state index in [0.717, 1.165) is 42.3 Å². The zero-order valence-electron chi connectivity index (χ0n) is 19.6. The Labute approximate surface area is 190 Å². The van der Waals surface area contributed by atoms with Crippen molar-refractivity contribution in [2.24, 2.45) is 5.92 Å². The smallest absolute Gasteiger partial charge is 0.409 e. The highest BCUT2D eigenvalue weighted by molar-refractivity contribution is 5.92. The van der Waals surface area contributed by atoms with Crippen molar-refractivity contribution in [3.63, 3.8) is 0 Å². The number of carbonyl (C=O) groups is 2. The molecule has 1 aliphatic heterocycles. The average molecular weight is 442 g/mol. The van der Waals surface area contributed by atoms with Gasteiger partial charge < -0.3 is 19.9 Å². The lowest BCUT2D eigenvalue weighted by atomic mass is 10.2. The molecule has 0 atom stereocenters. The van der Waals surface area contributed by atoms with Crippen LogP contribution in [0.15, 0.2) is 30.3 Å². The summed E-state index contributed by atoms with van der Waals surface area (Å²) in [6.07, 6.45) is 1.04. The maximum absolute atomic E-state index is 12.7. The monoisotopic (exact) mass is 441 g/mol. The summed E-state index contributed by atoms with van der Waals surface area (Å²) in [4.78, 5) is 28.9. The minimum absolute atomic E-state index is 0.0266. The van der Waals surface area contributed by atoms with Gasteiger partial charge in [0.2, 0.25) is 5.91 Å². The van der Waals surface area contributed by atoms with Crippen LogP contribution in [0, 0.1) is 19.8 Å². The molecule has 0 unspecified atom stereocenters. The first-order chi connectivity index (χ1) is 15.3. The molecule has 2 aromatic rings. The Morgan fingerprint density at radius 1 is 1.09 bits per heavy atom. The lowest BCUT2D eigenvalue weighted by molar-refractivity contribution is -0.116. The molecule has 2 amide bonds. The van der Waals surface area contributed by atoms with Gasteiger partial charge in [-0.25, -0.2) is 9.48 Å². The van der Waals surface area contributed by atoms with Gasteiger partial charge in [-0.15, -0.1) is 0 Å².